The molecule has 0 radical (unpaired) electrons. The summed E-state index contributed by atoms with van der Waals surface area (Å²) in [6, 6.07) is 12.6. The van der Waals surface area contributed by atoms with Crippen molar-refractivity contribution in [3.05, 3.63) is 111 Å². The Hall–Kier alpha value is -3.26. The zero-order chi connectivity index (χ0) is 19.1. The van der Waals surface area contributed by atoms with Crippen LogP contribution in [0, 0.1) is 0 Å². The molecular formula is C24H26N2. The van der Waals surface area contributed by atoms with Crippen LogP contribution in [0.2, 0.25) is 0 Å². The van der Waals surface area contributed by atoms with Crippen molar-refractivity contribution in [2.75, 3.05) is 23.9 Å². The second-order valence-corrected chi connectivity index (χ2v) is 5.94. The molecule has 0 atom stereocenters. The highest BCUT2D eigenvalue weighted by Gasteiger charge is 2.12. The summed E-state index contributed by atoms with van der Waals surface area (Å²) in [6.07, 6.45) is 11.2. The van der Waals surface area contributed by atoms with E-state index in [1.807, 2.05) is 38.4 Å². The van der Waals surface area contributed by atoms with E-state index in [0.717, 1.165) is 33.5 Å². The largest absolute Gasteiger partial charge is 0.345 e. The number of hydrogen-bond donors (Lipinski definition) is 0. The standard InChI is InChI=1S/C24H26N2/c1-7-9-13-19(3)25(5)23-17-11-16-22-21(23)15-12-18-24(22)26(6)20(4)14-10-8-2/h7-18H,1-4H2,5-6H3/b13-9-,14-10-. The second-order valence-electron chi connectivity index (χ2n) is 5.94. The second kappa shape index (κ2) is 8.72. The van der Waals surface area contributed by atoms with Crippen LogP contribution in [-0.4, -0.2) is 14.1 Å². The Balaban J connectivity index is 2.52. The number of nitrogens with zero attached hydrogens (tertiary/aromatic N) is 2. The molecule has 0 aliphatic heterocycles. The fourth-order valence-corrected chi connectivity index (χ4v) is 2.75. The summed E-state index contributed by atoms with van der Waals surface area (Å²) < 4.78 is 0. The quantitative estimate of drug-likeness (QED) is 0.525. The third-order valence-electron chi connectivity index (χ3n) is 4.31. The predicted molar refractivity (Wildman–Crippen MR) is 118 cm³/mol. The number of hydrogen-bond acceptors (Lipinski definition) is 2. The van der Waals surface area contributed by atoms with Crippen LogP contribution in [0.5, 0.6) is 0 Å². The molecule has 2 heteroatoms. The molecule has 2 nitrogen and oxygen atoms in total. The van der Waals surface area contributed by atoms with Gasteiger partial charge in [-0.05, 0) is 24.3 Å². The minimum absolute atomic E-state index is 0.898. The first kappa shape index (κ1) is 19.1. The van der Waals surface area contributed by atoms with Crippen LogP contribution in [0.15, 0.2) is 111 Å². The van der Waals surface area contributed by atoms with Gasteiger partial charge in [0.05, 0.1) is 0 Å². The summed E-state index contributed by atoms with van der Waals surface area (Å²) in [5, 5.41) is 2.32. The summed E-state index contributed by atoms with van der Waals surface area (Å²) in [5.74, 6) is 0. The average molecular weight is 342 g/mol. The Morgan fingerprint density at radius 1 is 0.731 bits per heavy atom. The Morgan fingerprint density at radius 2 is 1.12 bits per heavy atom. The highest BCUT2D eigenvalue weighted by molar-refractivity contribution is 6.02. The molecule has 132 valence electrons. The van der Waals surface area contributed by atoms with Crippen molar-refractivity contribution in [1.82, 2.24) is 0 Å². The highest BCUT2D eigenvalue weighted by atomic mass is 15.1. The van der Waals surface area contributed by atoms with Gasteiger partial charge in [-0.1, -0.05) is 74.9 Å². The Morgan fingerprint density at radius 3 is 1.46 bits per heavy atom. The van der Waals surface area contributed by atoms with E-state index in [2.05, 4.69) is 72.5 Å². The Labute approximate surface area is 157 Å². The molecule has 0 amide bonds. The molecule has 26 heavy (non-hydrogen) atoms. The van der Waals surface area contributed by atoms with Crippen molar-refractivity contribution >= 4 is 22.1 Å². The fraction of sp³-hybridized carbons (Fsp3) is 0.0833. The van der Waals surface area contributed by atoms with Crippen molar-refractivity contribution in [2.45, 2.75) is 0 Å². The van der Waals surface area contributed by atoms with E-state index < -0.39 is 0 Å². The van der Waals surface area contributed by atoms with E-state index >= 15 is 0 Å². The number of rotatable bonds is 8. The molecule has 0 aliphatic carbocycles. The SMILES string of the molecule is C=C/C=C\C(=C)N(C)c1cccc2c(N(C)C(=C)/C=C\C=C)cccc12. The van der Waals surface area contributed by atoms with Gasteiger partial charge in [-0.15, -0.1) is 0 Å². The van der Waals surface area contributed by atoms with Crippen molar-refractivity contribution < 1.29 is 0 Å². The first-order valence-corrected chi connectivity index (χ1v) is 8.46. The monoisotopic (exact) mass is 342 g/mol. The van der Waals surface area contributed by atoms with E-state index in [1.54, 1.807) is 12.2 Å². The summed E-state index contributed by atoms with van der Waals surface area (Å²) in [6.45, 7) is 15.7. The van der Waals surface area contributed by atoms with Gasteiger partial charge in [0.15, 0.2) is 0 Å². The van der Waals surface area contributed by atoms with Crippen LogP contribution in [0.1, 0.15) is 0 Å². The van der Waals surface area contributed by atoms with Gasteiger partial charge >= 0.3 is 0 Å². The number of likely N-dealkylation sites (N-methyl/N-ethyl adjacent to an activating group) is 2. The van der Waals surface area contributed by atoms with Crippen LogP contribution in [0.4, 0.5) is 11.4 Å². The van der Waals surface area contributed by atoms with Crippen molar-refractivity contribution in [2.24, 2.45) is 0 Å². The van der Waals surface area contributed by atoms with E-state index in [4.69, 9.17) is 0 Å². The number of fused-ring (bicyclic) bond motifs is 1. The van der Waals surface area contributed by atoms with Gasteiger partial charge < -0.3 is 9.80 Å². The lowest BCUT2D eigenvalue weighted by Crippen LogP contribution is -2.16. The predicted octanol–water partition coefficient (Wildman–Crippen LogP) is 6.22. The van der Waals surface area contributed by atoms with Gasteiger partial charge in [-0.3, -0.25) is 0 Å². The molecule has 0 heterocycles. The molecule has 0 aliphatic rings. The molecule has 2 aromatic rings. The van der Waals surface area contributed by atoms with E-state index in [1.165, 1.54) is 0 Å². The van der Waals surface area contributed by atoms with Crippen molar-refractivity contribution in [1.29, 1.82) is 0 Å². The van der Waals surface area contributed by atoms with Crippen LogP contribution in [-0.2, 0) is 0 Å². The average Bonchev–Trinajstić information content (AvgIpc) is 2.68. The summed E-state index contributed by atoms with van der Waals surface area (Å²) in [5.41, 5.74) is 4.00. The molecule has 0 saturated heterocycles. The number of benzene rings is 2. The summed E-state index contributed by atoms with van der Waals surface area (Å²) in [7, 11) is 4.04. The molecule has 2 rings (SSSR count). The van der Waals surface area contributed by atoms with Gasteiger partial charge in [0.2, 0.25) is 0 Å². The topological polar surface area (TPSA) is 6.48 Å². The van der Waals surface area contributed by atoms with Crippen LogP contribution < -0.4 is 9.80 Å². The molecule has 2 aromatic carbocycles. The molecule has 0 spiro atoms. The number of allylic oxidation sites excluding steroid dienone is 6. The minimum Gasteiger partial charge on any atom is -0.345 e. The first-order valence-electron chi connectivity index (χ1n) is 8.46. The Kier molecular flexibility index (Phi) is 6.40. The molecule has 0 bridgehead atoms. The zero-order valence-electron chi connectivity index (χ0n) is 15.7. The normalized spacial score (nSPS) is 11.0. The minimum atomic E-state index is 0.898. The third kappa shape index (κ3) is 4.04. The van der Waals surface area contributed by atoms with E-state index in [9.17, 15) is 0 Å². The Bertz CT molecular complexity index is 824. The highest BCUT2D eigenvalue weighted by Crippen LogP contribution is 2.34. The lowest BCUT2D eigenvalue weighted by atomic mass is 10.0. The van der Waals surface area contributed by atoms with Gasteiger partial charge in [-0.25, -0.2) is 0 Å². The smallest absolute Gasteiger partial charge is 0.0488 e. The lowest BCUT2D eigenvalue weighted by Gasteiger charge is -2.25. The molecular weight excluding hydrogens is 316 g/mol. The maximum absolute atomic E-state index is 4.14. The summed E-state index contributed by atoms with van der Waals surface area (Å²) in [4.78, 5) is 4.16. The maximum atomic E-state index is 4.14. The zero-order valence-corrected chi connectivity index (χ0v) is 15.7. The van der Waals surface area contributed by atoms with E-state index in [0.29, 0.717) is 0 Å². The lowest BCUT2D eigenvalue weighted by molar-refractivity contribution is 1.15. The molecule has 0 unspecified atom stereocenters. The van der Waals surface area contributed by atoms with E-state index in [-0.39, 0.29) is 0 Å². The molecule has 0 N–H and O–H groups in total. The first-order chi connectivity index (χ1) is 12.5. The third-order valence-corrected chi connectivity index (χ3v) is 4.31. The van der Waals surface area contributed by atoms with Crippen LogP contribution in [0.3, 0.4) is 0 Å². The molecule has 0 saturated carbocycles. The van der Waals surface area contributed by atoms with Crippen molar-refractivity contribution in [3.63, 3.8) is 0 Å². The van der Waals surface area contributed by atoms with Gasteiger partial charge in [0, 0.05) is 47.6 Å². The summed E-state index contributed by atoms with van der Waals surface area (Å²) >= 11 is 0. The van der Waals surface area contributed by atoms with Crippen molar-refractivity contribution in [3.8, 4) is 0 Å². The molecule has 0 fully saturated rings. The van der Waals surface area contributed by atoms with Crippen LogP contribution >= 0.6 is 0 Å². The maximum Gasteiger partial charge on any atom is 0.0488 e. The van der Waals surface area contributed by atoms with Gasteiger partial charge in [0.25, 0.3) is 0 Å². The number of anilines is 2. The molecule has 0 aromatic heterocycles. The van der Waals surface area contributed by atoms with Crippen LogP contribution in [0.25, 0.3) is 10.8 Å². The van der Waals surface area contributed by atoms with Gasteiger partial charge in [0.1, 0.15) is 0 Å². The van der Waals surface area contributed by atoms with Gasteiger partial charge in [-0.2, -0.15) is 0 Å². The fourth-order valence-electron chi connectivity index (χ4n) is 2.75.